The lowest BCUT2D eigenvalue weighted by Crippen LogP contribution is -2.32. The van der Waals surface area contributed by atoms with Gasteiger partial charge in [0.2, 0.25) is 0 Å². The van der Waals surface area contributed by atoms with Crippen LogP contribution in [0.25, 0.3) is 11.2 Å². The van der Waals surface area contributed by atoms with Crippen molar-refractivity contribution in [2.45, 2.75) is 25.9 Å². The molecule has 0 N–H and O–H groups in total. The van der Waals surface area contributed by atoms with Gasteiger partial charge in [-0.2, -0.15) is 0 Å². The van der Waals surface area contributed by atoms with Gasteiger partial charge in [-0.15, -0.1) is 0 Å². The van der Waals surface area contributed by atoms with Gasteiger partial charge >= 0.3 is 5.69 Å². The number of pyridine rings is 2. The number of fused-ring (bicyclic) bond motifs is 1. The Bertz CT molecular complexity index is 1040. The Hall–Kier alpha value is -2.48. The summed E-state index contributed by atoms with van der Waals surface area (Å²) in [6.45, 7) is 3.63. The molecule has 0 aromatic carbocycles. The molecule has 134 valence electrons. The summed E-state index contributed by atoms with van der Waals surface area (Å²) in [6, 6.07) is 5.44. The van der Waals surface area contributed by atoms with E-state index in [1.807, 2.05) is 19.1 Å². The maximum absolute atomic E-state index is 12.9. The number of nitrogens with zero attached hydrogens (tertiary/aromatic N) is 5. The van der Waals surface area contributed by atoms with Crippen LogP contribution in [-0.4, -0.2) is 43.0 Å². The Kier molecular flexibility index (Phi) is 4.36. The second-order valence-corrected chi connectivity index (χ2v) is 7.24. The minimum Gasteiger partial charge on any atom is -0.336 e. The molecule has 0 aliphatic carbocycles. The normalized spacial score (nSPS) is 17.2. The molecule has 1 aliphatic rings. The molecule has 0 bridgehead atoms. The molecule has 1 amide bonds. The van der Waals surface area contributed by atoms with E-state index in [0.717, 1.165) is 16.4 Å². The molecule has 0 radical (unpaired) electrons. The van der Waals surface area contributed by atoms with Crippen LogP contribution in [0.15, 0.2) is 46.1 Å². The van der Waals surface area contributed by atoms with Crippen molar-refractivity contribution in [2.24, 2.45) is 0 Å². The molecular formula is C18H18BrN5O2. The Morgan fingerprint density at radius 1 is 1.38 bits per heavy atom. The van der Waals surface area contributed by atoms with Crippen molar-refractivity contribution in [3.05, 3.63) is 57.3 Å². The summed E-state index contributed by atoms with van der Waals surface area (Å²) in [4.78, 5) is 35.9. The minimum atomic E-state index is -0.0724. The van der Waals surface area contributed by atoms with Crippen LogP contribution in [0.3, 0.4) is 0 Å². The molecule has 3 aromatic rings. The van der Waals surface area contributed by atoms with Gasteiger partial charge in [-0.3, -0.25) is 18.9 Å². The summed E-state index contributed by atoms with van der Waals surface area (Å²) in [6.07, 6.45) is 5.64. The van der Waals surface area contributed by atoms with Crippen LogP contribution >= 0.6 is 15.9 Å². The third-order valence-corrected chi connectivity index (χ3v) is 5.24. The Morgan fingerprint density at radius 3 is 3.00 bits per heavy atom. The van der Waals surface area contributed by atoms with Crippen molar-refractivity contribution in [1.82, 2.24) is 24.0 Å². The molecule has 1 aliphatic heterocycles. The van der Waals surface area contributed by atoms with Gasteiger partial charge in [-0.05, 0) is 47.5 Å². The average molecular weight is 416 g/mol. The first-order valence-corrected chi connectivity index (χ1v) is 9.35. The molecule has 1 saturated heterocycles. The average Bonchev–Trinajstić information content (AvgIpc) is 3.22. The maximum Gasteiger partial charge on any atom is 0.330 e. The monoisotopic (exact) mass is 415 g/mol. The zero-order valence-corrected chi connectivity index (χ0v) is 15.9. The molecular weight excluding hydrogens is 398 g/mol. The highest BCUT2D eigenvalue weighted by atomic mass is 79.9. The van der Waals surface area contributed by atoms with E-state index in [1.165, 1.54) is 0 Å². The van der Waals surface area contributed by atoms with E-state index < -0.39 is 0 Å². The van der Waals surface area contributed by atoms with Crippen LogP contribution in [0.1, 0.15) is 29.7 Å². The fourth-order valence-corrected chi connectivity index (χ4v) is 3.96. The summed E-state index contributed by atoms with van der Waals surface area (Å²) in [7, 11) is 0. The fraction of sp³-hybridized carbons (Fsp3) is 0.333. The Morgan fingerprint density at radius 2 is 2.23 bits per heavy atom. The highest BCUT2D eigenvalue weighted by Gasteiger charge is 2.31. The highest BCUT2D eigenvalue weighted by molar-refractivity contribution is 9.10. The Labute approximate surface area is 158 Å². The number of amides is 1. The minimum absolute atomic E-state index is 0.0652. The molecule has 0 spiro atoms. The second kappa shape index (κ2) is 6.68. The van der Waals surface area contributed by atoms with Gasteiger partial charge in [0.05, 0.1) is 17.1 Å². The second-order valence-electron chi connectivity index (χ2n) is 6.33. The first-order chi connectivity index (χ1) is 12.6. The number of carbonyl (C=O) groups excluding carboxylic acids is 1. The van der Waals surface area contributed by atoms with Crippen LogP contribution in [0.2, 0.25) is 0 Å². The van der Waals surface area contributed by atoms with Crippen molar-refractivity contribution < 1.29 is 4.79 Å². The quantitative estimate of drug-likeness (QED) is 0.658. The Balaban J connectivity index is 1.66. The van der Waals surface area contributed by atoms with E-state index in [-0.39, 0.29) is 17.6 Å². The van der Waals surface area contributed by atoms with Gasteiger partial charge in [0.15, 0.2) is 5.65 Å². The molecule has 7 nitrogen and oxygen atoms in total. The van der Waals surface area contributed by atoms with Crippen LogP contribution in [0, 0.1) is 0 Å². The lowest BCUT2D eigenvalue weighted by molar-refractivity contribution is 0.0787. The molecule has 1 fully saturated rings. The predicted octanol–water partition coefficient (Wildman–Crippen LogP) is 2.46. The van der Waals surface area contributed by atoms with E-state index in [1.54, 1.807) is 38.7 Å². The number of rotatable bonds is 3. The lowest BCUT2D eigenvalue weighted by atomic mass is 10.2. The topological polar surface area (TPSA) is 73.0 Å². The molecule has 4 rings (SSSR count). The molecule has 8 heteroatoms. The van der Waals surface area contributed by atoms with Gasteiger partial charge in [0.25, 0.3) is 5.91 Å². The van der Waals surface area contributed by atoms with Crippen LogP contribution in [0.4, 0.5) is 0 Å². The zero-order valence-electron chi connectivity index (χ0n) is 14.3. The van der Waals surface area contributed by atoms with E-state index >= 15 is 0 Å². The standard InChI is InChI=1S/C18H18BrN5O2/c1-2-23-15-4-3-6-21-16(15)24(18(23)26)14-5-7-22(11-14)17(25)12-8-13(19)10-20-9-12/h3-4,6,8-10,14H,2,5,7,11H2,1H3/t14-/m1/s1. The van der Waals surface area contributed by atoms with Crippen LogP contribution < -0.4 is 5.69 Å². The van der Waals surface area contributed by atoms with Gasteiger partial charge in [-0.1, -0.05) is 0 Å². The van der Waals surface area contributed by atoms with E-state index in [0.29, 0.717) is 30.8 Å². The summed E-state index contributed by atoms with van der Waals surface area (Å²) >= 11 is 3.35. The fourth-order valence-electron chi connectivity index (χ4n) is 3.59. The first kappa shape index (κ1) is 17.0. The number of halogens is 1. The van der Waals surface area contributed by atoms with Crippen LogP contribution in [-0.2, 0) is 6.54 Å². The molecule has 1 atom stereocenters. The van der Waals surface area contributed by atoms with E-state index in [2.05, 4.69) is 25.9 Å². The largest absolute Gasteiger partial charge is 0.336 e. The van der Waals surface area contributed by atoms with Crippen LogP contribution in [0.5, 0.6) is 0 Å². The highest BCUT2D eigenvalue weighted by Crippen LogP contribution is 2.25. The lowest BCUT2D eigenvalue weighted by Gasteiger charge is -2.17. The summed E-state index contributed by atoms with van der Waals surface area (Å²) < 4.78 is 4.24. The van der Waals surface area contributed by atoms with Gasteiger partial charge in [-0.25, -0.2) is 9.78 Å². The zero-order chi connectivity index (χ0) is 18.3. The first-order valence-electron chi connectivity index (χ1n) is 8.55. The smallest absolute Gasteiger partial charge is 0.330 e. The molecule has 0 unspecified atom stereocenters. The number of hydrogen-bond donors (Lipinski definition) is 0. The summed E-state index contributed by atoms with van der Waals surface area (Å²) in [5.41, 5.74) is 2.00. The maximum atomic E-state index is 12.9. The van der Waals surface area contributed by atoms with Crippen molar-refractivity contribution in [1.29, 1.82) is 0 Å². The van der Waals surface area contributed by atoms with E-state index in [4.69, 9.17) is 0 Å². The summed E-state index contributed by atoms with van der Waals surface area (Å²) in [5, 5.41) is 0. The van der Waals surface area contributed by atoms with Gasteiger partial charge < -0.3 is 4.90 Å². The number of likely N-dealkylation sites (tertiary alicyclic amines) is 1. The van der Waals surface area contributed by atoms with Crippen molar-refractivity contribution in [3.8, 4) is 0 Å². The van der Waals surface area contributed by atoms with Crippen molar-refractivity contribution in [2.75, 3.05) is 13.1 Å². The van der Waals surface area contributed by atoms with Gasteiger partial charge in [0, 0.05) is 42.7 Å². The molecule has 26 heavy (non-hydrogen) atoms. The third-order valence-electron chi connectivity index (χ3n) is 4.81. The number of hydrogen-bond acceptors (Lipinski definition) is 4. The molecule has 0 saturated carbocycles. The number of aryl methyl sites for hydroxylation is 1. The summed E-state index contributed by atoms with van der Waals surface area (Å²) in [5.74, 6) is -0.0680. The number of carbonyl (C=O) groups is 1. The SMILES string of the molecule is CCn1c(=O)n([C@@H]2CCN(C(=O)c3cncc(Br)c3)C2)c2ncccc21. The van der Waals surface area contributed by atoms with Crippen molar-refractivity contribution >= 4 is 33.0 Å². The third kappa shape index (κ3) is 2.74. The van der Waals surface area contributed by atoms with Gasteiger partial charge in [0.1, 0.15) is 0 Å². The molecule has 3 aromatic heterocycles. The molecule has 4 heterocycles. The van der Waals surface area contributed by atoms with Crippen molar-refractivity contribution in [3.63, 3.8) is 0 Å². The number of imidazole rings is 1. The predicted molar refractivity (Wildman–Crippen MR) is 101 cm³/mol. The van der Waals surface area contributed by atoms with E-state index in [9.17, 15) is 9.59 Å². The number of aromatic nitrogens is 4.